The lowest BCUT2D eigenvalue weighted by Crippen LogP contribution is -2.38. The van der Waals surface area contributed by atoms with E-state index in [1.54, 1.807) is 6.92 Å². The minimum atomic E-state index is -0.849. The first-order valence-corrected chi connectivity index (χ1v) is 7.09. The van der Waals surface area contributed by atoms with Crippen LogP contribution in [0.4, 0.5) is 0 Å². The van der Waals surface area contributed by atoms with Crippen molar-refractivity contribution in [1.29, 1.82) is 0 Å². The number of benzene rings is 1. The molecule has 0 aliphatic heterocycles. The largest absolute Gasteiger partial charge is 0.490 e. The summed E-state index contributed by atoms with van der Waals surface area (Å²) in [6.07, 6.45) is 0. The molecule has 0 radical (unpaired) electrons. The third kappa shape index (κ3) is 4.68. The van der Waals surface area contributed by atoms with Crippen LogP contribution < -0.4 is 10.1 Å². The molecule has 0 spiro atoms. The van der Waals surface area contributed by atoms with Gasteiger partial charge in [-0.1, -0.05) is 38.4 Å². The molecule has 0 heterocycles. The van der Waals surface area contributed by atoms with E-state index in [-0.39, 0.29) is 12.5 Å². The van der Waals surface area contributed by atoms with Crippen LogP contribution in [0.25, 0.3) is 0 Å². The van der Waals surface area contributed by atoms with E-state index in [9.17, 15) is 5.11 Å². The van der Waals surface area contributed by atoms with Gasteiger partial charge in [0.25, 0.3) is 0 Å². The zero-order chi connectivity index (χ0) is 14.5. The molecular weight excluding hydrogens is 262 g/mol. The highest BCUT2D eigenvalue weighted by Crippen LogP contribution is 2.28. The standard InChI is InChI=1S/C15H24ClNO2/c1-5-17-9-12-13(16)7-6-8-14(12)19-10-15(4,18)11(2)3/h6-8,11,17-18H,5,9-10H2,1-4H3. The van der Waals surface area contributed by atoms with Crippen molar-refractivity contribution in [3.63, 3.8) is 0 Å². The Kier molecular flexibility index (Phi) is 6.11. The fraction of sp³-hybridized carbons (Fsp3) is 0.600. The van der Waals surface area contributed by atoms with Gasteiger partial charge in [0.15, 0.2) is 0 Å². The van der Waals surface area contributed by atoms with Crippen molar-refractivity contribution in [1.82, 2.24) is 5.32 Å². The summed E-state index contributed by atoms with van der Waals surface area (Å²) in [5, 5.41) is 14.1. The van der Waals surface area contributed by atoms with Crippen molar-refractivity contribution in [2.45, 2.75) is 39.8 Å². The summed E-state index contributed by atoms with van der Waals surface area (Å²) in [5.74, 6) is 0.860. The smallest absolute Gasteiger partial charge is 0.125 e. The van der Waals surface area contributed by atoms with E-state index in [2.05, 4.69) is 5.32 Å². The van der Waals surface area contributed by atoms with Gasteiger partial charge in [-0.25, -0.2) is 0 Å². The molecule has 4 heteroatoms. The quantitative estimate of drug-likeness (QED) is 0.808. The summed E-state index contributed by atoms with van der Waals surface area (Å²) in [5.41, 5.74) is 0.0863. The second-order valence-electron chi connectivity index (χ2n) is 5.30. The van der Waals surface area contributed by atoms with Gasteiger partial charge in [0, 0.05) is 17.1 Å². The average Bonchev–Trinajstić information content (AvgIpc) is 2.35. The monoisotopic (exact) mass is 285 g/mol. The molecule has 0 aliphatic carbocycles. The van der Waals surface area contributed by atoms with Gasteiger partial charge in [0.1, 0.15) is 12.4 Å². The Morgan fingerprint density at radius 3 is 2.68 bits per heavy atom. The van der Waals surface area contributed by atoms with Crippen molar-refractivity contribution in [2.24, 2.45) is 5.92 Å². The minimum Gasteiger partial charge on any atom is -0.490 e. The summed E-state index contributed by atoms with van der Waals surface area (Å²) in [4.78, 5) is 0. The molecule has 1 rings (SSSR count). The van der Waals surface area contributed by atoms with Crippen molar-refractivity contribution in [3.8, 4) is 5.75 Å². The highest BCUT2D eigenvalue weighted by molar-refractivity contribution is 6.31. The number of hydrogen-bond acceptors (Lipinski definition) is 3. The lowest BCUT2D eigenvalue weighted by molar-refractivity contribution is -0.0268. The van der Waals surface area contributed by atoms with Gasteiger partial charge in [0.05, 0.1) is 5.60 Å². The summed E-state index contributed by atoms with van der Waals surface area (Å²) < 4.78 is 5.77. The highest BCUT2D eigenvalue weighted by atomic mass is 35.5. The molecule has 0 aromatic heterocycles. The van der Waals surface area contributed by atoms with Crippen molar-refractivity contribution in [3.05, 3.63) is 28.8 Å². The van der Waals surface area contributed by atoms with E-state index in [0.717, 1.165) is 17.9 Å². The normalized spacial score (nSPS) is 14.5. The molecule has 1 aromatic rings. The fourth-order valence-electron chi connectivity index (χ4n) is 1.49. The SMILES string of the molecule is CCNCc1c(Cl)cccc1OCC(C)(O)C(C)C. The third-order valence-electron chi connectivity index (χ3n) is 3.39. The van der Waals surface area contributed by atoms with Crippen molar-refractivity contribution < 1.29 is 9.84 Å². The second kappa shape index (κ2) is 7.13. The molecule has 0 aliphatic rings. The van der Waals surface area contributed by atoms with E-state index in [1.807, 2.05) is 39.0 Å². The van der Waals surface area contributed by atoms with Gasteiger partial charge in [-0.2, -0.15) is 0 Å². The first-order valence-electron chi connectivity index (χ1n) is 6.71. The topological polar surface area (TPSA) is 41.5 Å². The van der Waals surface area contributed by atoms with Gasteiger partial charge >= 0.3 is 0 Å². The van der Waals surface area contributed by atoms with Crippen LogP contribution in [-0.4, -0.2) is 23.9 Å². The zero-order valence-corrected chi connectivity index (χ0v) is 12.9. The molecule has 19 heavy (non-hydrogen) atoms. The zero-order valence-electron chi connectivity index (χ0n) is 12.2. The van der Waals surface area contributed by atoms with E-state index in [0.29, 0.717) is 11.6 Å². The van der Waals surface area contributed by atoms with Crippen molar-refractivity contribution in [2.75, 3.05) is 13.2 Å². The molecular formula is C15H24ClNO2. The van der Waals surface area contributed by atoms with Crippen LogP contribution >= 0.6 is 11.6 Å². The lowest BCUT2D eigenvalue weighted by Gasteiger charge is -2.28. The average molecular weight is 286 g/mol. The molecule has 108 valence electrons. The summed E-state index contributed by atoms with van der Waals surface area (Å²) in [6, 6.07) is 5.59. The number of aliphatic hydroxyl groups is 1. The van der Waals surface area contributed by atoms with E-state index in [4.69, 9.17) is 16.3 Å². The van der Waals surface area contributed by atoms with Gasteiger partial charge in [-0.15, -0.1) is 0 Å². The number of nitrogens with one attached hydrogen (secondary N) is 1. The van der Waals surface area contributed by atoms with E-state index >= 15 is 0 Å². The van der Waals surface area contributed by atoms with Gasteiger partial charge in [-0.05, 0) is 31.5 Å². The maximum Gasteiger partial charge on any atom is 0.125 e. The van der Waals surface area contributed by atoms with Crippen LogP contribution in [0, 0.1) is 5.92 Å². The summed E-state index contributed by atoms with van der Waals surface area (Å²) in [6.45, 7) is 9.56. The molecule has 0 saturated heterocycles. The van der Waals surface area contributed by atoms with Gasteiger partial charge in [-0.3, -0.25) is 0 Å². The maximum absolute atomic E-state index is 10.2. The Morgan fingerprint density at radius 1 is 1.42 bits per heavy atom. The Morgan fingerprint density at radius 2 is 2.11 bits per heavy atom. The second-order valence-corrected chi connectivity index (χ2v) is 5.70. The molecule has 1 aromatic carbocycles. The van der Waals surface area contributed by atoms with Crippen LogP contribution in [-0.2, 0) is 6.54 Å². The first-order chi connectivity index (χ1) is 8.88. The predicted octanol–water partition coefficient (Wildman–Crippen LogP) is 3.24. The number of rotatable bonds is 7. The Labute approximate surface area is 120 Å². The van der Waals surface area contributed by atoms with Gasteiger partial charge in [0.2, 0.25) is 0 Å². The Bertz CT molecular complexity index is 405. The summed E-state index contributed by atoms with van der Waals surface area (Å²) in [7, 11) is 0. The molecule has 0 amide bonds. The highest BCUT2D eigenvalue weighted by Gasteiger charge is 2.26. The van der Waals surface area contributed by atoms with Gasteiger partial charge < -0.3 is 15.2 Å². The van der Waals surface area contributed by atoms with Crippen LogP contribution in [0.15, 0.2) is 18.2 Å². The summed E-state index contributed by atoms with van der Waals surface area (Å²) >= 11 is 6.20. The third-order valence-corrected chi connectivity index (χ3v) is 3.75. The van der Waals surface area contributed by atoms with E-state index < -0.39 is 5.60 Å². The van der Waals surface area contributed by atoms with Crippen molar-refractivity contribution >= 4 is 11.6 Å². The van der Waals surface area contributed by atoms with Crippen LogP contribution in [0.5, 0.6) is 5.75 Å². The molecule has 0 fully saturated rings. The molecule has 0 saturated carbocycles. The number of ether oxygens (including phenoxy) is 1. The fourth-order valence-corrected chi connectivity index (χ4v) is 1.72. The van der Waals surface area contributed by atoms with E-state index in [1.165, 1.54) is 0 Å². The molecule has 0 bridgehead atoms. The molecule has 1 unspecified atom stereocenters. The molecule has 1 atom stereocenters. The van der Waals surface area contributed by atoms with Crippen LogP contribution in [0.3, 0.4) is 0 Å². The van der Waals surface area contributed by atoms with Crippen LogP contribution in [0.1, 0.15) is 33.3 Å². The predicted molar refractivity (Wildman–Crippen MR) is 79.8 cm³/mol. The number of hydrogen-bond donors (Lipinski definition) is 2. The number of halogens is 1. The van der Waals surface area contributed by atoms with Crippen LogP contribution in [0.2, 0.25) is 5.02 Å². The Hall–Kier alpha value is -0.770. The minimum absolute atomic E-state index is 0.129. The maximum atomic E-state index is 10.2. The molecule has 2 N–H and O–H groups in total. The Balaban J connectivity index is 2.80. The first kappa shape index (κ1) is 16.3. The molecule has 3 nitrogen and oxygen atoms in total. The lowest BCUT2D eigenvalue weighted by atomic mass is 9.94.